The fraction of sp³-hybridized carbons (Fsp3) is 1.00. The first-order valence-corrected chi connectivity index (χ1v) is 5.51. The summed E-state index contributed by atoms with van der Waals surface area (Å²) in [5.74, 6) is -3.37. The van der Waals surface area contributed by atoms with E-state index in [0.29, 0.717) is 13.2 Å². The molecule has 14 heavy (non-hydrogen) atoms. The Bertz CT molecular complexity index is 233. The van der Waals surface area contributed by atoms with Crippen molar-refractivity contribution < 1.29 is 21.9 Å². The number of alkyl halides is 2. The molecule has 0 spiro atoms. The molecule has 8 heteroatoms. The topological polar surface area (TPSA) is 67.4 Å². The summed E-state index contributed by atoms with van der Waals surface area (Å²) in [5.41, 5.74) is 0. The maximum absolute atomic E-state index is 11.8. The number of methoxy groups -OCH3 is 1. The van der Waals surface area contributed by atoms with Crippen molar-refractivity contribution in [1.29, 1.82) is 0 Å². The molecule has 5 nitrogen and oxygen atoms in total. The van der Waals surface area contributed by atoms with Crippen molar-refractivity contribution in [3.05, 3.63) is 0 Å². The van der Waals surface area contributed by atoms with Crippen molar-refractivity contribution in [2.45, 2.75) is 5.76 Å². The Morgan fingerprint density at radius 2 is 1.93 bits per heavy atom. The second kappa shape index (κ2) is 7.04. The number of hydrogen-bond donors (Lipinski definition) is 2. The third kappa shape index (κ3) is 6.19. The van der Waals surface area contributed by atoms with Gasteiger partial charge in [0.05, 0.1) is 6.61 Å². The molecule has 0 fully saturated rings. The van der Waals surface area contributed by atoms with Gasteiger partial charge >= 0.3 is 5.76 Å². The highest BCUT2D eigenvalue weighted by molar-refractivity contribution is 7.89. The Balaban J connectivity index is 3.46. The molecule has 0 amide bonds. The Hall–Kier alpha value is -0.310. The van der Waals surface area contributed by atoms with Crippen LogP contribution in [0.2, 0.25) is 0 Å². The third-order valence-corrected chi connectivity index (χ3v) is 2.40. The van der Waals surface area contributed by atoms with Crippen LogP contribution in [0.4, 0.5) is 8.78 Å². The fourth-order valence-corrected chi connectivity index (χ4v) is 1.16. The summed E-state index contributed by atoms with van der Waals surface area (Å²) < 4.78 is 51.0. The summed E-state index contributed by atoms with van der Waals surface area (Å²) >= 11 is 0. The summed E-state index contributed by atoms with van der Waals surface area (Å²) in [4.78, 5) is 0. The lowest BCUT2D eigenvalue weighted by Gasteiger charge is -2.06. The average molecular weight is 232 g/mol. The molecule has 0 heterocycles. The third-order valence-electron chi connectivity index (χ3n) is 1.32. The van der Waals surface area contributed by atoms with Crippen LogP contribution in [-0.2, 0) is 14.8 Å². The number of hydrogen-bond acceptors (Lipinski definition) is 4. The zero-order chi connectivity index (χ0) is 11.0. The van der Waals surface area contributed by atoms with Gasteiger partial charge in [0.25, 0.3) is 10.0 Å². The molecule has 0 aliphatic rings. The van der Waals surface area contributed by atoms with E-state index in [-0.39, 0.29) is 13.1 Å². The van der Waals surface area contributed by atoms with Crippen molar-refractivity contribution >= 4 is 10.0 Å². The monoisotopic (exact) mass is 232 g/mol. The van der Waals surface area contributed by atoms with Gasteiger partial charge in [0.15, 0.2) is 0 Å². The second-order valence-corrected chi connectivity index (χ2v) is 4.18. The zero-order valence-corrected chi connectivity index (χ0v) is 8.61. The molecule has 0 radical (unpaired) electrons. The Morgan fingerprint density at radius 1 is 1.29 bits per heavy atom. The predicted molar refractivity (Wildman–Crippen MR) is 47.7 cm³/mol. The van der Waals surface area contributed by atoms with Crippen LogP contribution in [0, 0.1) is 0 Å². The van der Waals surface area contributed by atoms with Crippen molar-refractivity contribution in [3.8, 4) is 0 Å². The van der Waals surface area contributed by atoms with Gasteiger partial charge in [-0.15, -0.1) is 0 Å². The average Bonchev–Trinajstić information content (AvgIpc) is 2.10. The predicted octanol–water partition coefficient (Wildman–Crippen LogP) is -0.636. The Labute approximate surface area is 81.9 Å². The van der Waals surface area contributed by atoms with E-state index in [2.05, 4.69) is 5.32 Å². The molecule has 0 atom stereocenters. The number of ether oxygens (including phenoxy) is 1. The minimum atomic E-state index is -4.45. The van der Waals surface area contributed by atoms with E-state index in [1.807, 2.05) is 0 Å². The molecule has 0 aromatic heterocycles. The molecule has 0 aliphatic heterocycles. The van der Waals surface area contributed by atoms with Gasteiger partial charge in [-0.25, -0.2) is 13.1 Å². The number of sulfonamides is 1. The first-order chi connectivity index (χ1) is 6.50. The minimum absolute atomic E-state index is 0.0591. The van der Waals surface area contributed by atoms with E-state index < -0.39 is 15.8 Å². The molecule has 0 bridgehead atoms. The molecular formula is C6H14F2N2O3S. The van der Waals surface area contributed by atoms with E-state index in [1.54, 1.807) is 4.72 Å². The maximum atomic E-state index is 11.8. The molecule has 0 aromatic rings. The molecule has 0 saturated heterocycles. The normalized spacial score (nSPS) is 12.3. The maximum Gasteiger partial charge on any atom is 0.350 e. The van der Waals surface area contributed by atoms with Crippen LogP contribution in [-0.4, -0.2) is 47.5 Å². The van der Waals surface area contributed by atoms with Gasteiger partial charge in [-0.3, -0.25) is 0 Å². The molecular weight excluding hydrogens is 218 g/mol. The molecule has 2 N–H and O–H groups in total. The second-order valence-electron chi connectivity index (χ2n) is 2.44. The van der Waals surface area contributed by atoms with Gasteiger partial charge in [-0.05, 0) is 0 Å². The lowest BCUT2D eigenvalue weighted by atomic mass is 10.6. The Kier molecular flexibility index (Phi) is 6.89. The molecule has 0 rings (SSSR count). The lowest BCUT2D eigenvalue weighted by Crippen LogP contribution is -2.35. The van der Waals surface area contributed by atoms with Crippen LogP contribution >= 0.6 is 0 Å². The highest BCUT2D eigenvalue weighted by Crippen LogP contribution is 2.00. The van der Waals surface area contributed by atoms with Gasteiger partial charge in [0, 0.05) is 26.7 Å². The molecule has 0 unspecified atom stereocenters. The first kappa shape index (κ1) is 13.7. The summed E-state index contributed by atoms with van der Waals surface area (Å²) in [6.45, 7) is 1.26. The highest BCUT2D eigenvalue weighted by atomic mass is 32.2. The van der Waals surface area contributed by atoms with Crippen molar-refractivity contribution in [1.82, 2.24) is 10.0 Å². The number of rotatable bonds is 8. The van der Waals surface area contributed by atoms with Crippen LogP contribution in [0.5, 0.6) is 0 Å². The largest absolute Gasteiger partial charge is 0.383 e. The van der Waals surface area contributed by atoms with Crippen LogP contribution in [0.15, 0.2) is 0 Å². The summed E-state index contributed by atoms with van der Waals surface area (Å²) in [7, 11) is -2.92. The Morgan fingerprint density at radius 3 is 2.43 bits per heavy atom. The van der Waals surface area contributed by atoms with Gasteiger partial charge in [-0.1, -0.05) is 0 Å². The van der Waals surface area contributed by atoms with Crippen molar-refractivity contribution in [3.63, 3.8) is 0 Å². The fourth-order valence-electron chi connectivity index (χ4n) is 0.644. The standard InChI is InChI=1S/C6H14F2N2O3S/c1-13-5-4-9-2-3-10-14(11,12)6(7)8/h6,9-10H,2-5H2,1H3. The van der Waals surface area contributed by atoms with Crippen LogP contribution < -0.4 is 10.0 Å². The van der Waals surface area contributed by atoms with Crippen LogP contribution in [0.25, 0.3) is 0 Å². The van der Waals surface area contributed by atoms with Gasteiger partial charge in [0.1, 0.15) is 0 Å². The van der Waals surface area contributed by atoms with Crippen molar-refractivity contribution in [2.75, 3.05) is 33.4 Å². The van der Waals surface area contributed by atoms with E-state index >= 15 is 0 Å². The van der Waals surface area contributed by atoms with Gasteiger partial charge < -0.3 is 10.1 Å². The van der Waals surface area contributed by atoms with E-state index in [4.69, 9.17) is 4.74 Å². The molecule has 0 aliphatic carbocycles. The minimum Gasteiger partial charge on any atom is -0.383 e. The SMILES string of the molecule is COCCNCCNS(=O)(=O)C(F)F. The first-order valence-electron chi connectivity index (χ1n) is 3.97. The summed E-state index contributed by atoms with van der Waals surface area (Å²) in [6, 6.07) is 0. The van der Waals surface area contributed by atoms with Crippen molar-refractivity contribution in [2.24, 2.45) is 0 Å². The van der Waals surface area contributed by atoms with Crippen LogP contribution in [0.3, 0.4) is 0 Å². The smallest absolute Gasteiger partial charge is 0.350 e. The zero-order valence-electron chi connectivity index (χ0n) is 7.79. The van der Waals surface area contributed by atoms with E-state index in [9.17, 15) is 17.2 Å². The van der Waals surface area contributed by atoms with E-state index in [0.717, 1.165) is 0 Å². The molecule has 0 saturated carbocycles. The molecule has 0 aromatic carbocycles. The summed E-state index contributed by atoms with van der Waals surface area (Å²) in [6.07, 6.45) is 0. The lowest BCUT2D eigenvalue weighted by molar-refractivity contribution is 0.199. The molecule has 86 valence electrons. The van der Waals surface area contributed by atoms with E-state index in [1.165, 1.54) is 7.11 Å². The van der Waals surface area contributed by atoms with Crippen LogP contribution in [0.1, 0.15) is 0 Å². The number of halogens is 2. The van der Waals surface area contributed by atoms with Gasteiger partial charge in [-0.2, -0.15) is 8.78 Å². The number of nitrogens with one attached hydrogen (secondary N) is 2. The van der Waals surface area contributed by atoms with Gasteiger partial charge in [0.2, 0.25) is 0 Å². The quantitative estimate of drug-likeness (QED) is 0.546. The summed E-state index contributed by atoms with van der Waals surface area (Å²) in [5, 5.41) is 2.80. The highest BCUT2D eigenvalue weighted by Gasteiger charge is 2.22.